The third-order valence-electron chi connectivity index (χ3n) is 2.15. The molecule has 0 aliphatic heterocycles. The third-order valence-corrected chi connectivity index (χ3v) is 2.15. The Hall–Kier alpha value is -2.28. The van der Waals surface area contributed by atoms with E-state index >= 15 is 0 Å². The fraction of sp³-hybridized carbons (Fsp3) is 0.200. The highest BCUT2D eigenvalue weighted by Gasteiger charge is 2.07. The van der Waals surface area contributed by atoms with Crippen molar-refractivity contribution in [2.45, 2.75) is 6.42 Å². The molecule has 0 saturated heterocycles. The molecular formula is C10H12N6O. The lowest BCUT2D eigenvalue weighted by atomic mass is 10.2. The predicted octanol–water partition coefficient (Wildman–Crippen LogP) is -0.0504. The van der Waals surface area contributed by atoms with Gasteiger partial charge in [-0.2, -0.15) is 4.68 Å². The van der Waals surface area contributed by atoms with E-state index in [2.05, 4.69) is 20.8 Å². The second-order valence-electron chi connectivity index (χ2n) is 3.36. The minimum atomic E-state index is -0.131. The van der Waals surface area contributed by atoms with Gasteiger partial charge >= 0.3 is 0 Å². The van der Waals surface area contributed by atoms with Crippen molar-refractivity contribution in [3.05, 3.63) is 30.6 Å². The molecule has 1 aromatic carbocycles. The summed E-state index contributed by atoms with van der Waals surface area (Å²) in [4.78, 5) is 11.5. The van der Waals surface area contributed by atoms with E-state index in [1.165, 1.54) is 11.0 Å². The normalized spacial score (nSPS) is 10.2. The van der Waals surface area contributed by atoms with E-state index in [-0.39, 0.29) is 12.3 Å². The Kier molecular flexibility index (Phi) is 3.41. The van der Waals surface area contributed by atoms with Gasteiger partial charge in [0.2, 0.25) is 5.91 Å². The zero-order chi connectivity index (χ0) is 12.1. The van der Waals surface area contributed by atoms with Gasteiger partial charge in [-0.15, -0.1) is 5.10 Å². The molecule has 2 aromatic rings. The van der Waals surface area contributed by atoms with Gasteiger partial charge in [0.15, 0.2) is 0 Å². The SMILES string of the molecule is NCCC(=O)Nc1ccccc1-n1cnnn1. The quantitative estimate of drug-likeness (QED) is 0.770. The Balaban J connectivity index is 2.25. The molecular weight excluding hydrogens is 220 g/mol. The van der Waals surface area contributed by atoms with Crippen LogP contribution in [0.25, 0.3) is 5.69 Å². The first kappa shape index (κ1) is 11.2. The maximum Gasteiger partial charge on any atom is 0.225 e. The van der Waals surface area contributed by atoms with E-state index in [0.717, 1.165) is 0 Å². The summed E-state index contributed by atoms with van der Waals surface area (Å²) in [7, 11) is 0. The van der Waals surface area contributed by atoms with E-state index in [1.54, 1.807) is 6.07 Å². The molecule has 1 aromatic heterocycles. The number of tetrazole rings is 1. The van der Waals surface area contributed by atoms with Crippen molar-refractivity contribution in [3.8, 4) is 5.69 Å². The highest BCUT2D eigenvalue weighted by Crippen LogP contribution is 2.18. The summed E-state index contributed by atoms with van der Waals surface area (Å²) in [5.41, 5.74) is 6.68. The van der Waals surface area contributed by atoms with Crippen LogP contribution in [0.2, 0.25) is 0 Å². The topological polar surface area (TPSA) is 98.7 Å². The molecule has 0 saturated carbocycles. The Bertz CT molecular complexity index is 495. The summed E-state index contributed by atoms with van der Waals surface area (Å²) < 4.78 is 1.48. The summed E-state index contributed by atoms with van der Waals surface area (Å²) in [5.74, 6) is -0.131. The Morgan fingerprint density at radius 1 is 1.41 bits per heavy atom. The second kappa shape index (κ2) is 5.17. The zero-order valence-electron chi connectivity index (χ0n) is 9.08. The maximum atomic E-state index is 11.5. The van der Waals surface area contributed by atoms with Crippen LogP contribution in [0.3, 0.4) is 0 Å². The van der Waals surface area contributed by atoms with Gasteiger partial charge < -0.3 is 11.1 Å². The van der Waals surface area contributed by atoms with Crippen LogP contribution in [0.1, 0.15) is 6.42 Å². The van der Waals surface area contributed by atoms with Crippen molar-refractivity contribution >= 4 is 11.6 Å². The lowest BCUT2D eigenvalue weighted by Gasteiger charge is -2.09. The van der Waals surface area contributed by atoms with Gasteiger partial charge in [0, 0.05) is 13.0 Å². The first-order valence-corrected chi connectivity index (χ1v) is 5.13. The first-order valence-electron chi connectivity index (χ1n) is 5.13. The maximum absolute atomic E-state index is 11.5. The number of amides is 1. The van der Waals surface area contributed by atoms with Crippen LogP contribution in [0.5, 0.6) is 0 Å². The standard InChI is InChI=1S/C10H12N6O/c11-6-5-10(17)13-8-3-1-2-4-9(8)16-7-12-14-15-16/h1-4,7H,5-6,11H2,(H,13,17). The van der Waals surface area contributed by atoms with Gasteiger partial charge in [0.05, 0.1) is 11.4 Å². The number of hydrogen-bond donors (Lipinski definition) is 2. The molecule has 1 amide bonds. The van der Waals surface area contributed by atoms with E-state index in [4.69, 9.17) is 5.73 Å². The summed E-state index contributed by atoms with van der Waals surface area (Å²) >= 11 is 0. The van der Waals surface area contributed by atoms with Crippen LogP contribution in [-0.4, -0.2) is 32.7 Å². The molecule has 0 fully saturated rings. The fourth-order valence-corrected chi connectivity index (χ4v) is 1.39. The highest BCUT2D eigenvalue weighted by molar-refractivity contribution is 5.92. The summed E-state index contributed by atoms with van der Waals surface area (Å²) in [6, 6.07) is 7.27. The smallest absolute Gasteiger partial charge is 0.225 e. The summed E-state index contributed by atoms with van der Waals surface area (Å²) in [6.07, 6.45) is 1.75. The fourth-order valence-electron chi connectivity index (χ4n) is 1.39. The van der Waals surface area contributed by atoms with Crippen molar-refractivity contribution in [3.63, 3.8) is 0 Å². The van der Waals surface area contributed by atoms with Crippen molar-refractivity contribution in [1.82, 2.24) is 20.2 Å². The van der Waals surface area contributed by atoms with E-state index in [9.17, 15) is 4.79 Å². The zero-order valence-corrected chi connectivity index (χ0v) is 9.08. The number of aromatic nitrogens is 4. The first-order chi connectivity index (χ1) is 8.31. The summed E-state index contributed by atoms with van der Waals surface area (Å²) in [5, 5.41) is 13.7. The van der Waals surface area contributed by atoms with Gasteiger partial charge in [-0.1, -0.05) is 12.1 Å². The van der Waals surface area contributed by atoms with Gasteiger partial charge in [-0.05, 0) is 22.6 Å². The van der Waals surface area contributed by atoms with Crippen LogP contribution in [-0.2, 0) is 4.79 Å². The monoisotopic (exact) mass is 232 g/mol. The highest BCUT2D eigenvalue weighted by atomic mass is 16.1. The molecule has 0 atom stereocenters. The Labute approximate surface area is 97.6 Å². The number of nitrogens with one attached hydrogen (secondary N) is 1. The van der Waals surface area contributed by atoms with Crippen molar-refractivity contribution in [1.29, 1.82) is 0 Å². The largest absolute Gasteiger partial charge is 0.330 e. The lowest BCUT2D eigenvalue weighted by Crippen LogP contribution is -2.17. The number of hydrogen-bond acceptors (Lipinski definition) is 5. The van der Waals surface area contributed by atoms with E-state index in [1.807, 2.05) is 18.2 Å². The molecule has 7 heteroatoms. The van der Waals surface area contributed by atoms with E-state index in [0.29, 0.717) is 17.9 Å². The average molecular weight is 232 g/mol. The minimum absolute atomic E-state index is 0.131. The van der Waals surface area contributed by atoms with Crippen LogP contribution in [0, 0.1) is 0 Å². The number of carbonyl (C=O) groups excluding carboxylic acids is 1. The minimum Gasteiger partial charge on any atom is -0.330 e. The molecule has 0 unspecified atom stereocenters. The molecule has 0 aliphatic rings. The molecule has 17 heavy (non-hydrogen) atoms. The molecule has 7 nitrogen and oxygen atoms in total. The number of benzene rings is 1. The number of nitrogens with zero attached hydrogens (tertiary/aromatic N) is 4. The number of rotatable bonds is 4. The van der Waals surface area contributed by atoms with E-state index < -0.39 is 0 Å². The number of para-hydroxylation sites is 2. The molecule has 88 valence electrons. The number of anilines is 1. The van der Waals surface area contributed by atoms with Crippen molar-refractivity contribution < 1.29 is 4.79 Å². The van der Waals surface area contributed by atoms with Crippen LogP contribution < -0.4 is 11.1 Å². The van der Waals surface area contributed by atoms with Gasteiger partial charge in [-0.3, -0.25) is 4.79 Å². The molecule has 2 rings (SSSR count). The number of carbonyl (C=O) groups is 1. The Morgan fingerprint density at radius 3 is 2.94 bits per heavy atom. The second-order valence-corrected chi connectivity index (χ2v) is 3.36. The van der Waals surface area contributed by atoms with Crippen LogP contribution >= 0.6 is 0 Å². The van der Waals surface area contributed by atoms with Crippen molar-refractivity contribution in [2.75, 3.05) is 11.9 Å². The van der Waals surface area contributed by atoms with Gasteiger partial charge in [0.1, 0.15) is 6.33 Å². The van der Waals surface area contributed by atoms with Crippen LogP contribution in [0.15, 0.2) is 30.6 Å². The Morgan fingerprint density at radius 2 is 2.24 bits per heavy atom. The average Bonchev–Trinajstić information content (AvgIpc) is 2.83. The molecule has 0 aliphatic carbocycles. The molecule has 3 N–H and O–H groups in total. The summed E-state index contributed by atoms with van der Waals surface area (Å²) in [6.45, 7) is 0.318. The van der Waals surface area contributed by atoms with Gasteiger partial charge in [0.25, 0.3) is 0 Å². The third kappa shape index (κ3) is 2.64. The molecule has 0 radical (unpaired) electrons. The molecule has 0 bridgehead atoms. The van der Waals surface area contributed by atoms with Crippen LogP contribution in [0.4, 0.5) is 5.69 Å². The predicted molar refractivity (Wildman–Crippen MR) is 61.5 cm³/mol. The lowest BCUT2D eigenvalue weighted by molar-refractivity contribution is -0.116. The number of nitrogens with two attached hydrogens (primary N) is 1. The molecule has 1 heterocycles. The van der Waals surface area contributed by atoms with Crippen molar-refractivity contribution in [2.24, 2.45) is 5.73 Å². The molecule has 0 spiro atoms. The van der Waals surface area contributed by atoms with Gasteiger partial charge in [-0.25, -0.2) is 0 Å².